The molecule has 1 N–H and O–H groups in total. The molecule has 20 heavy (non-hydrogen) atoms. The first-order valence-electron chi connectivity index (χ1n) is 7.77. The van der Waals surface area contributed by atoms with Crippen molar-refractivity contribution in [2.75, 3.05) is 12.3 Å². The predicted molar refractivity (Wildman–Crippen MR) is 88.8 cm³/mol. The molecular weight excluding hydrogens is 266 g/mol. The fourth-order valence-corrected chi connectivity index (χ4v) is 3.72. The van der Waals surface area contributed by atoms with Crippen LogP contribution in [0.3, 0.4) is 0 Å². The van der Waals surface area contributed by atoms with Crippen LogP contribution >= 0.6 is 0 Å². The third-order valence-electron chi connectivity index (χ3n) is 3.65. The van der Waals surface area contributed by atoms with Crippen LogP contribution in [0.5, 0.6) is 0 Å². The van der Waals surface area contributed by atoms with Crippen molar-refractivity contribution in [2.45, 2.75) is 64.3 Å². The molecule has 2 atom stereocenters. The molecule has 0 spiro atoms. The third-order valence-corrected chi connectivity index (χ3v) is 5.24. The standard InChI is InChI=1S/C17H29NOS/c1-5-11-18-16(6-2)8-7-12-20(19)17-13-14(3)9-10-15(17)4/h9-10,13,16,18H,5-8,11-12H2,1-4H3. The minimum atomic E-state index is -0.857. The highest BCUT2D eigenvalue weighted by Crippen LogP contribution is 2.16. The van der Waals surface area contributed by atoms with Crippen molar-refractivity contribution < 1.29 is 4.21 Å². The molecule has 114 valence electrons. The highest BCUT2D eigenvalue weighted by molar-refractivity contribution is 7.85. The van der Waals surface area contributed by atoms with Crippen LogP contribution in [-0.2, 0) is 10.8 Å². The first-order valence-corrected chi connectivity index (χ1v) is 9.09. The number of hydrogen-bond donors (Lipinski definition) is 1. The summed E-state index contributed by atoms with van der Waals surface area (Å²) in [6.07, 6.45) is 4.46. The van der Waals surface area contributed by atoms with Gasteiger partial charge in [0, 0.05) is 16.7 Å². The van der Waals surface area contributed by atoms with Gasteiger partial charge in [-0.05, 0) is 63.3 Å². The second kappa shape index (κ2) is 9.30. The molecule has 1 aromatic carbocycles. The van der Waals surface area contributed by atoms with Gasteiger partial charge in [-0.2, -0.15) is 0 Å². The zero-order valence-corrected chi connectivity index (χ0v) is 14.2. The Kier molecular flexibility index (Phi) is 8.08. The quantitative estimate of drug-likeness (QED) is 0.747. The Morgan fingerprint density at radius 3 is 2.65 bits per heavy atom. The maximum atomic E-state index is 12.4. The summed E-state index contributed by atoms with van der Waals surface area (Å²) in [5.74, 6) is 0.772. The minimum Gasteiger partial charge on any atom is -0.314 e. The predicted octanol–water partition coefficient (Wildman–Crippen LogP) is 3.97. The Morgan fingerprint density at radius 1 is 1.25 bits per heavy atom. The molecule has 1 rings (SSSR count). The maximum Gasteiger partial charge on any atom is 0.0532 e. The molecule has 0 aliphatic rings. The minimum absolute atomic E-state index is 0.575. The van der Waals surface area contributed by atoms with Crippen LogP contribution in [-0.4, -0.2) is 22.5 Å². The number of aryl methyl sites for hydroxylation is 2. The van der Waals surface area contributed by atoms with Crippen molar-refractivity contribution in [3.63, 3.8) is 0 Å². The van der Waals surface area contributed by atoms with Gasteiger partial charge in [-0.1, -0.05) is 26.0 Å². The van der Waals surface area contributed by atoms with E-state index in [4.69, 9.17) is 0 Å². The first-order chi connectivity index (χ1) is 9.58. The number of benzene rings is 1. The van der Waals surface area contributed by atoms with Crippen molar-refractivity contribution >= 4 is 10.8 Å². The van der Waals surface area contributed by atoms with Gasteiger partial charge >= 0.3 is 0 Å². The molecule has 2 unspecified atom stereocenters. The van der Waals surface area contributed by atoms with Gasteiger partial charge in [0.25, 0.3) is 0 Å². The van der Waals surface area contributed by atoms with E-state index < -0.39 is 10.8 Å². The van der Waals surface area contributed by atoms with Crippen molar-refractivity contribution in [3.8, 4) is 0 Å². The van der Waals surface area contributed by atoms with Gasteiger partial charge in [0.05, 0.1) is 10.8 Å². The van der Waals surface area contributed by atoms with Crippen molar-refractivity contribution in [2.24, 2.45) is 0 Å². The molecule has 0 saturated heterocycles. The lowest BCUT2D eigenvalue weighted by atomic mass is 10.1. The highest BCUT2D eigenvalue weighted by Gasteiger charge is 2.10. The van der Waals surface area contributed by atoms with Crippen LogP contribution in [0.25, 0.3) is 0 Å². The van der Waals surface area contributed by atoms with Crippen LogP contribution in [0.1, 0.15) is 50.7 Å². The average Bonchev–Trinajstić information content (AvgIpc) is 2.45. The summed E-state index contributed by atoms with van der Waals surface area (Å²) < 4.78 is 12.4. The summed E-state index contributed by atoms with van der Waals surface area (Å²) in [7, 11) is -0.857. The lowest BCUT2D eigenvalue weighted by molar-refractivity contribution is 0.464. The largest absolute Gasteiger partial charge is 0.314 e. The average molecular weight is 295 g/mol. The molecule has 1 aromatic rings. The summed E-state index contributed by atoms with van der Waals surface area (Å²) in [5.41, 5.74) is 2.33. The Bertz CT molecular complexity index is 431. The number of nitrogens with one attached hydrogen (secondary N) is 1. The summed E-state index contributed by atoms with van der Waals surface area (Å²) in [4.78, 5) is 1.01. The van der Waals surface area contributed by atoms with Crippen LogP contribution in [0.2, 0.25) is 0 Å². The van der Waals surface area contributed by atoms with Crippen LogP contribution in [0.15, 0.2) is 23.1 Å². The lowest BCUT2D eigenvalue weighted by Gasteiger charge is -2.16. The Balaban J connectivity index is 2.44. The van der Waals surface area contributed by atoms with Crippen LogP contribution in [0.4, 0.5) is 0 Å². The van der Waals surface area contributed by atoms with E-state index in [1.807, 2.05) is 6.92 Å². The molecule has 0 amide bonds. The van der Waals surface area contributed by atoms with Gasteiger partial charge in [0.2, 0.25) is 0 Å². The SMILES string of the molecule is CCCNC(CC)CCCS(=O)c1cc(C)ccc1C. The fourth-order valence-electron chi connectivity index (χ4n) is 2.32. The van der Waals surface area contributed by atoms with Crippen molar-refractivity contribution in [3.05, 3.63) is 29.3 Å². The van der Waals surface area contributed by atoms with E-state index in [0.29, 0.717) is 6.04 Å². The van der Waals surface area contributed by atoms with Crippen molar-refractivity contribution in [1.82, 2.24) is 5.32 Å². The molecule has 0 fully saturated rings. The molecule has 0 aliphatic heterocycles. The summed E-state index contributed by atoms with van der Waals surface area (Å²) in [5, 5.41) is 3.55. The smallest absolute Gasteiger partial charge is 0.0532 e. The molecule has 0 saturated carbocycles. The van der Waals surface area contributed by atoms with Gasteiger partial charge in [-0.15, -0.1) is 0 Å². The first kappa shape index (κ1) is 17.4. The van der Waals surface area contributed by atoms with E-state index in [1.54, 1.807) is 0 Å². The normalized spacial score (nSPS) is 14.2. The molecule has 3 heteroatoms. The van der Waals surface area contributed by atoms with E-state index in [1.165, 1.54) is 12.0 Å². The molecule has 0 radical (unpaired) electrons. The van der Waals surface area contributed by atoms with E-state index >= 15 is 0 Å². The van der Waals surface area contributed by atoms with Gasteiger partial charge in [-0.3, -0.25) is 4.21 Å². The monoisotopic (exact) mass is 295 g/mol. The maximum absolute atomic E-state index is 12.4. The zero-order valence-electron chi connectivity index (χ0n) is 13.4. The van der Waals surface area contributed by atoms with E-state index in [2.05, 4.69) is 44.3 Å². The van der Waals surface area contributed by atoms with Gasteiger partial charge in [-0.25, -0.2) is 0 Å². The second-order valence-electron chi connectivity index (χ2n) is 5.52. The molecule has 0 heterocycles. The Hall–Kier alpha value is -0.670. The van der Waals surface area contributed by atoms with Crippen LogP contribution < -0.4 is 5.32 Å². The van der Waals surface area contributed by atoms with Gasteiger partial charge < -0.3 is 5.32 Å². The van der Waals surface area contributed by atoms with E-state index in [9.17, 15) is 4.21 Å². The summed E-state index contributed by atoms with van der Waals surface area (Å²) in [6, 6.07) is 6.79. The van der Waals surface area contributed by atoms with Gasteiger partial charge in [0.15, 0.2) is 0 Å². The highest BCUT2D eigenvalue weighted by atomic mass is 32.2. The Morgan fingerprint density at radius 2 is 2.00 bits per heavy atom. The third kappa shape index (κ3) is 5.76. The Labute approximate surface area is 126 Å². The summed E-state index contributed by atoms with van der Waals surface area (Å²) in [6.45, 7) is 9.59. The zero-order chi connectivity index (χ0) is 15.0. The second-order valence-corrected chi connectivity index (χ2v) is 7.06. The number of hydrogen-bond acceptors (Lipinski definition) is 2. The van der Waals surface area contributed by atoms with Crippen LogP contribution in [0, 0.1) is 13.8 Å². The topological polar surface area (TPSA) is 29.1 Å². The molecule has 2 nitrogen and oxygen atoms in total. The van der Waals surface area contributed by atoms with Crippen molar-refractivity contribution in [1.29, 1.82) is 0 Å². The summed E-state index contributed by atoms with van der Waals surface area (Å²) >= 11 is 0. The lowest BCUT2D eigenvalue weighted by Crippen LogP contribution is -2.29. The van der Waals surface area contributed by atoms with E-state index in [0.717, 1.165) is 42.0 Å². The van der Waals surface area contributed by atoms with Gasteiger partial charge in [0.1, 0.15) is 0 Å². The molecule has 0 aliphatic carbocycles. The number of rotatable bonds is 9. The molecule has 0 bridgehead atoms. The van der Waals surface area contributed by atoms with E-state index in [-0.39, 0.29) is 0 Å². The molecule has 0 aromatic heterocycles. The fraction of sp³-hybridized carbons (Fsp3) is 0.647. The molecular formula is C17H29NOS.